The van der Waals surface area contributed by atoms with Crippen LogP contribution in [0, 0.1) is 11.8 Å². The molecule has 2 bridgehead atoms. The molecule has 1 heteroatoms. The molecule has 1 N–H and O–H groups in total. The Kier molecular flexibility index (Phi) is 3.86. The van der Waals surface area contributed by atoms with E-state index < -0.39 is 0 Å². The number of rotatable bonds is 6. The molecule has 1 nitrogen and oxygen atoms in total. The van der Waals surface area contributed by atoms with E-state index in [0.29, 0.717) is 0 Å². The Morgan fingerprint density at radius 1 is 1.07 bits per heavy atom. The van der Waals surface area contributed by atoms with Crippen LogP contribution < -0.4 is 5.32 Å². The number of nitrogens with one attached hydrogen (secondary N) is 1. The molecule has 2 fully saturated rings. The monoisotopic (exact) mass is 195 g/mol. The maximum absolute atomic E-state index is 3.77. The second kappa shape index (κ2) is 5.16. The fraction of sp³-hybridized carbons (Fsp3) is 1.00. The van der Waals surface area contributed by atoms with Crippen LogP contribution in [-0.2, 0) is 0 Å². The summed E-state index contributed by atoms with van der Waals surface area (Å²) in [5.74, 6) is 2.14. The van der Waals surface area contributed by atoms with Gasteiger partial charge in [0.15, 0.2) is 0 Å². The van der Waals surface area contributed by atoms with Gasteiger partial charge in [-0.05, 0) is 44.1 Å². The van der Waals surface area contributed by atoms with E-state index in [-0.39, 0.29) is 0 Å². The molecule has 0 unspecified atom stereocenters. The Morgan fingerprint density at radius 2 is 2.00 bits per heavy atom. The van der Waals surface area contributed by atoms with E-state index in [1.807, 2.05) is 0 Å². The molecule has 0 aromatic heterocycles. The van der Waals surface area contributed by atoms with Crippen LogP contribution in [0.2, 0.25) is 0 Å². The summed E-state index contributed by atoms with van der Waals surface area (Å²) in [5, 5.41) is 3.77. The van der Waals surface area contributed by atoms with Gasteiger partial charge in [-0.15, -0.1) is 0 Å². The van der Waals surface area contributed by atoms with Crippen LogP contribution >= 0.6 is 0 Å². The van der Waals surface area contributed by atoms with Crippen LogP contribution in [-0.4, -0.2) is 12.6 Å². The molecule has 2 aliphatic carbocycles. The molecule has 0 amide bonds. The van der Waals surface area contributed by atoms with E-state index in [9.17, 15) is 0 Å². The fourth-order valence-electron chi connectivity index (χ4n) is 3.33. The van der Waals surface area contributed by atoms with Gasteiger partial charge in [0.2, 0.25) is 0 Å². The Labute approximate surface area is 88.7 Å². The SMILES string of the molecule is CCCCCCN[C@H]1C[C@H]2CC[C@@H]1C2. The van der Waals surface area contributed by atoms with Crippen LogP contribution in [0.15, 0.2) is 0 Å². The van der Waals surface area contributed by atoms with E-state index >= 15 is 0 Å². The molecule has 0 aromatic rings. The van der Waals surface area contributed by atoms with E-state index in [1.165, 1.54) is 57.9 Å². The van der Waals surface area contributed by atoms with Gasteiger partial charge in [0.05, 0.1) is 0 Å². The van der Waals surface area contributed by atoms with Crippen LogP contribution in [0.5, 0.6) is 0 Å². The Balaban J connectivity index is 1.54. The van der Waals surface area contributed by atoms with Crippen molar-refractivity contribution in [2.75, 3.05) is 6.54 Å². The standard InChI is InChI=1S/C13H25N/c1-2-3-4-5-8-14-13-10-11-6-7-12(13)9-11/h11-14H,2-10H2,1H3/t11-,12+,13-/m0/s1. The number of hydrogen-bond acceptors (Lipinski definition) is 1. The van der Waals surface area contributed by atoms with Crippen molar-refractivity contribution in [2.45, 2.75) is 64.3 Å². The molecule has 0 heterocycles. The minimum Gasteiger partial charge on any atom is -0.314 e. The third kappa shape index (κ3) is 2.50. The molecule has 0 aromatic carbocycles. The van der Waals surface area contributed by atoms with E-state index in [1.54, 1.807) is 0 Å². The van der Waals surface area contributed by atoms with Gasteiger partial charge in [0.1, 0.15) is 0 Å². The molecule has 0 aliphatic heterocycles. The molecule has 2 rings (SSSR count). The van der Waals surface area contributed by atoms with Gasteiger partial charge in [0.25, 0.3) is 0 Å². The third-order valence-electron chi connectivity index (χ3n) is 4.17. The summed E-state index contributed by atoms with van der Waals surface area (Å²) in [5.41, 5.74) is 0. The normalized spacial score (nSPS) is 35.4. The lowest BCUT2D eigenvalue weighted by Crippen LogP contribution is -2.34. The van der Waals surface area contributed by atoms with Crippen molar-refractivity contribution < 1.29 is 0 Å². The van der Waals surface area contributed by atoms with Crippen LogP contribution in [0.3, 0.4) is 0 Å². The smallest absolute Gasteiger partial charge is 0.00980 e. The van der Waals surface area contributed by atoms with Crippen molar-refractivity contribution in [3.05, 3.63) is 0 Å². The first-order valence-corrected chi connectivity index (χ1v) is 6.63. The van der Waals surface area contributed by atoms with Gasteiger partial charge in [-0.25, -0.2) is 0 Å². The molecule has 14 heavy (non-hydrogen) atoms. The van der Waals surface area contributed by atoms with Crippen molar-refractivity contribution in [1.82, 2.24) is 5.32 Å². The first kappa shape index (κ1) is 10.5. The van der Waals surface area contributed by atoms with Gasteiger partial charge >= 0.3 is 0 Å². The first-order chi connectivity index (χ1) is 6.90. The molecule has 0 saturated heterocycles. The summed E-state index contributed by atoms with van der Waals surface area (Å²) in [4.78, 5) is 0. The van der Waals surface area contributed by atoms with Gasteiger partial charge in [-0.1, -0.05) is 32.6 Å². The Hall–Kier alpha value is -0.0400. The van der Waals surface area contributed by atoms with E-state index in [4.69, 9.17) is 0 Å². The van der Waals surface area contributed by atoms with Crippen molar-refractivity contribution in [1.29, 1.82) is 0 Å². The minimum atomic E-state index is 0.898. The van der Waals surface area contributed by atoms with Crippen molar-refractivity contribution in [3.63, 3.8) is 0 Å². The zero-order valence-corrected chi connectivity index (χ0v) is 9.60. The van der Waals surface area contributed by atoms with Gasteiger partial charge in [-0.3, -0.25) is 0 Å². The topological polar surface area (TPSA) is 12.0 Å². The highest BCUT2D eigenvalue weighted by atomic mass is 14.9. The lowest BCUT2D eigenvalue weighted by atomic mass is 9.95. The number of fused-ring (bicyclic) bond motifs is 2. The lowest BCUT2D eigenvalue weighted by molar-refractivity contribution is 0.349. The lowest BCUT2D eigenvalue weighted by Gasteiger charge is -2.22. The summed E-state index contributed by atoms with van der Waals surface area (Å²) in [6, 6.07) is 0.898. The Morgan fingerprint density at radius 3 is 2.64 bits per heavy atom. The summed E-state index contributed by atoms with van der Waals surface area (Å²) in [6.07, 6.45) is 11.6. The summed E-state index contributed by atoms with van der Waals surface area (Å²) in [7, 11) is 0. The second-order valence-corrected chi connectivity index (χ2v) is 5.30. The average molecular weight is 195 g/mol. The largest absolute Gasteiger partial charge is 0.314 e. The van der Waals surface area contributed by atoms with Crippen LogP contribution in [0.1, 0.15) is 58.3 Å². The zero-order valence-electron chi connectivity index (χ0n) is 9.60. The third-order valence-corrected chi connectivity index (χ3v) is 4.17. The van der Waals surface area contributed by atoms with Crippen LogP contribution in [0.25, 0.3) is 0 Å². The number of hydrogen-bond donors (Lipinski definition) is 1. The summed E-state index contributed by atoms with van der Waals surface area (Å²) < 4.78 is 0. The predicted molar refractivity (Wildman–Crippen MR) is 61.4 cm³/mol. The summed E-state index contributed by atoms with van der Waals surface area (Å²) in [6.45, 7) is 3.55. The maximum Gasteiger partial charge on any atom is 0.00980 e. The molecule has 82 valence electrons. The quantitative estimate of drug-likeness (QED) is 0.641. The molecular formula is C13H25N. The fourth-order valence-corrected chi connectivity index (χ4v) is 3.33. The molecular weight excluding hydrogens is 170 g/mol. The second-order valence-electron chi connectivity index (χ2n) is 5.30. The van der Waals surface area contributed by atoms with E-state index in [2.05, 4.69) is 12.2 Å². The highest BCUT2D eigenvalue weighted by Gasteiger charge is 2.38. The van der Waals surface area contributed by atoms with E-state index in [0.717, 1.165) is 17.9 Å². The van der Waals surface area contributed by atoms with Crippen molar-refractivity contribution >= 4 is 0 Å². The minimum absolute atomic E-state index is 0.898. The number of unbranched alkanes of at least 4 members (excludes halogenated alkanes) is 3. The summed E-state index contributed by atoms with van der Waals surface area (Å²) >= 11 is 0. The maximum atomic E-state index is 3.77. The van der Waals surface area contributed by atoms with Gasteiger partial charge < -0.3 is 5.32 Å². The van der Waals surface area contributed by atoms with Gasteiger partial charge in [-0.2, -0.15) is 0 Å². The van der Waals surface area contributed by atoms with Crippen molar-refractivity contribution in [3.8, 4) is 0 Å². The highest BCUT2D eigenvalue weighted by Crippen LogP contribution is 2.44. The molecule has 3 atom stereocenters. The molecule has 2 aliphatic rings. The molecule has 0 spiro atoms. The predicted octanol–water partition coefficient (Wildman–Crippen LogP) is 3.34. The average Bonchev–Trinajstić information content (AvgIpc) is 2.79. The van der Waals surface area contributed by atoms with Crippen LogP contribution in [0.4, 0.5) is 0 Å². The van der Waals surface area contributed by atoms with Gasteiger partial charge in [0, 0.05) is 6.04 Å². The zero-order chi connectivity index (χ0) is 9.80. The molecule has 0 radical (unpaired) electrons. The van der Waals surface area contributed by atoms with Crippen molar-refractivity contribution in [2.24, 2.45) is 11.8 Å². The molecule has 2 saturated carbocycles. The highest BCUT2D eigenvalue weighted by molar-refractivity contribution is 4.93. The Bertz CT molecular complexity index is 167. The first-order valence-electron chi connectivity index (χ1n) is 6.63.